The Morgan fingerprint density at radius 2 is 2.00 bits per heavy atom. The van der Waals surface area contributed by atoms with Gasteiger partial charge in [-0.2, -0.15) is 0 Å². The second-order valence-electron chi connectivity index (χ2n) is 5.65. The molecule has 0 N–H and O–H groups in total. The van der Waals surface area contributed by atoms with E-state index in [-0.39, 0.29) is 0 Å². The Bertz CT molecular complexity index is 190. The van der Waals surface area contributed by atoms with Crippen molar-refractivity contribution in [1.29, 1.82) is 0 Å². The highest BCUT2D eigenvalue weighted by Gasteiger charge is 2.37. The van der Waals surface area contributed by atoms with E-state index in [2.05, 4.69) is 18.7 Å². The Kier molecular flexibility index (Phi) is 4.07. The van der Waals surface area contributed by atoms with Crippen LogP contribution in [0, 0.1) is 5.92 Å². The number of unbranched alkanes of at least 4 members (excludes halogenated alkanes) is 2. The minimum absolute atomic E-state index is 0.945. The zero-order chi connectivity index (χ0) is 10.7. The number of fused-ring (bicyclic) bond motifs is 1. The summed E-state index contributed by atoms with van der Waals surface area (Å²) in [6, 6.07) is 1.89. The fourth-order valence-corrected chi connectivity index (χ4v) is 3.63. The van der Waals surface area contributed by atoms with Gasteiger partial charge in [0.05, 0.1) is 0 Å². The van der Waals surface area contributed by atoms with Crippen molar-refractivity contribution in [2.75, 3.05) is 6.54 Å². The Morgan fingerprint density at radius 1 is 1.13 bits per heavy atom. The quantitative estimate of drug-likeness (QED) is 0.636. The van der Waals surface area contributed by atoms with Gasteiger partial charge in [-0.25, -0.2) is 0 Å². The zero-order valence-electron chi connectivity index (χ0n) is 10.5. The zero-order valence-corrected chi connectivity index (χ0v) is 10.5. The first-order valence-corrected chi connectivity index (χ1v) is 7.08. The van der Waals surface area contributed by atoms with Gasteiger partial charge < -0.3 is 0 Å². The summed E-state index contributed by atoms with van der Waals surface area (Å²) in [7, 11) is 0. The Morgan fingerprint density at radius 3 is 2.80 bits per heavy atom. The number of rotatable bonds is 4. The van der Waals surface area contributed by atoms with Gasteiger partial charge in [0.25, 0.3) is 0 Å². The van der Waals surface area contributed by atoms with E-state index in [0.29, 0.717) is 0 Å². The van der Waals surface area contributed by atoms with Crippen LogP contribution in [0.5, 0.6) is 0 Å². The third kappa shape index (κ3) is 2.55. The third-order valence-corrected chi connectivity index (χ3v) is 4.56. The molecule has 2 aliphatic rings. The van der Waals surface area contributed by atoms with Crippen molar-refractivity contribution in [2.45, 2.75) is 77.3 Å². The molecular formula is C14H27N. The predicted octanol–water partition coefficient (Wildman–Crippen LogP) is 3.83. The summed E-state index contributed by atoms with van der Waals surface area (Å²) in [6.07, 6.45) is 11.6. The SMILES string of the molecule is CCCCCC1CC[C@@H](C)[C@@H]2CCCN12. The van der Waals surface area contributed by atoms with Crippen LogP contribution in [-0.2, 0) is 0 Å². The molecule has 1 heteroatoms. The molecule has 1 unspecified atom stereocenters. The Hall–Kier alpha value is -0.0400. The molecule has 0 bridgehead atoms. The first kappa shape index (κ1) is 11.4. The molecule has 2 fully saturated rings. The summed E-state index contributed by atoms with van der Waals surface area (Å²) < 4.78 is 0. The van der Waals surface area contributed by atoms with Crippen LogP contribution in [0.15, 0.2) is 0 Å². The topological polar surface area (TPSA) is 3.24 Å². The maximum Gasteiger partial charge on any atom is 0.0124 e. The predicted molar refractivity (Wildman–Crippen MR) is 66.1 cm³/mol. The van der Waals surface area contributed by atoms with Crippen LogP contribution in [-0.4, -0.2) is 23.5 Å². The standard InChI is InChI=1S/C14H27N/c1-3-4-5-7-13-10-9-12(2)14-8-6-11-15(13)14/h12-14H,3-11H2,1-2H3/t12-,13?,14+/m1/s1. The molecule has 0 aromatic heterocycles. The second kappa shape index (κ2) is 5.34. The molecule has 88 valence electrons. The summed E-state index contributed by atoms with van der Waals surface area (Å²) >= 11 is 0. The van der Waals surface area contributed by atoms with E-state index in [0.717, 1.165) is 18.0 Å². The molecule has 2 saturated heterocycles. The molecule has 0 amide bonds. The van der Waals surface area contributed by atoms with Gasteiger partial charge in [-0.15, -0.1) is 0 Å². The van der Waals surface area contributed by atoms with Gasteiger partial charge >= 0.3 is 0 Å². The number of hydrogen-bond acceptors (Lipinski definition) is 1. The van der Waals surface area contributed by atoms with Gasteiger partial charge in [0.2, 0.25) is 0 Å². The lowest BCUT2D eigenvalue weighted by atomic mass is 9.85. The van der Waals surface area contributed by atoms with Gasteiger partial charge in [0.1, 0.15) is 0 Å². The van der Waals surface area contributed by atoms with Crippen LogP contribution < -0.4 is 0 Å². The van der Waals surface area contributed by atoms with Crippen LogP contribution in [0.4, 0.5) is 0 Å². The number of hydrogen-bond donors (Lipinski definition) is 0. The van der Waals surface area contributed by atoms with E-state index in [1.165, 1.54) is 57.9 Å². The molecule has 0 radical (unpaired) electrons. The average molecular weight is 209 g/mol. The van der Waals surface area contributed by atoms with Gasteiger partial charge in [-0.1, -0.05) is 33.1 Å². The van der Waals surface area contributed by atoms with Crippen molar-refractivity contribution in [3.05, 3.63) is 0 Å². The van der Waals surface area contributed by atoms with Gasteiger partial charge in [-0.3, -0.25) is 4.90 Å². The lowest BCUT2D eigenvalue weighted by molar-refractivity contribution is 0.0751. The van der Waals surface area contributed by atoms with Crippen LogP contribution in [0.25, 0.3) is 0 Å². The molecule has 3 atom stereocenters. The molecule has 2 aliphatic heterocycles. The molecule has 0 aromatic rings. The Labute approximate surface area is 95.2 Å². The number of nitrogens with zero attached hydrogens (tertiary/aromatic N) is 1. The largest absolute Gasteiger partial charge is 0.297 e. The van der Waals surface area contributed by atoms with Crippen molar-refractivity contribution in [2.24, 2.45) is 5.92 Å². The van der Waals surface area contributed by atoms with Crippen LogP contribution >= 0.6 is 0 Å². The van der Waals surface area contributed by atoms with E-state index >= 15 is 0 Å². The fourth-order valence-electron chi connectivity index (χ4n) is 3.63. The minimum Gasteiger partial charge on any atom is -0.297 e. The Balaban J connectivity index is 1.84. The van der Waals surface area contributed by atoms with Crippen LogP contribution in [0.1, 0.15) is 65.2 Å². The lowest BCUT2D eigenvalue weighted by Gasteiger charge is -2.41. The molecule has 0 aliphatic carbocycles. The molecule has 1 nitrogen and oxygen atoms in total. The van der Waals surface area contributed by atoms with Crippen LogP contribution in [0.2, 0.25) is 0 Å². The van der Waals surface area contributed by atoms with E-state index in [4.69, 9.17) is 0 Å². The minimum atomic E-state index is 0.945. The highest BCUT2D eigenvalue weighted by molar-refractivity contribution is 4.92. The van der Waals surface area contributed by atoms with Crippen LogP contribution in [0.3, 0.4) is 0 Å². The van der Waals surface area contributed by atoms with Gasteiger partial charge in [-0.05, 0) is 44.6 Å². The summed E-state index contributed by atoms with van der Waals surface area (Å²) in [5, 5.41) is 0. The molecule has 15 heavy (non-hydrogen) atoms. The maximum atomic E-state index is 2.85. The second-order valence-corrected chi connectivity index (χ2v) is 5.65. The molecule has 0 saturated carbocycles. The first-order valence-electron chi connectivity index (χ1n) is 7.08. The first-order chi connectivity index (χ1) is 7.33. The summed E-state index contributed by atoms with van der Waals surface area (Å²) in [4.78, 5) is 2.85. The molecular weight excluding hydrogens is 182 g/mol. The third-order valence-electron chi connectivity index (χ3n) is 4.56. The fraction of sp³-hybridized carbons (Fsp3) is 1.00. The average Bonchev–Trinajstić information content (AvgIpc) is 2.71. The summed E-state index contributed by atoms with van der Waals surface area (Å²) in [5.41, 5.74) is 0. The molecule has 2 heterocycles. The van der Waals surface area contributed by atoms with E-state index in [9.17, 15) is 0 Å². The number of piperidine rings is 1. The van der Waals surface area contributed by atoms with E-state index < -0.39 is 0 Å². The lowest BCUT2D eigenvalue weighted by Crippen LogP contribution is -2.46. The molecule has 0 aromatic carbocycles. The van der Waals surface area contributed by atoms with Crippen molar-refractivity contribution in [3.63, 3.8) is 0 Å². The highest BCUT2D eigenvalue weighted by atomic mass is 15.2. The van der Waals surface area contributed by atoms with E-state index in [1.54, 1.807) is 0 Å². The molecule has 0 spiro atoms. The maximum absolute atomic E-state index is 2.85. The normalized spacial score (nSPS) is 36.8. The molecule has 2 rings (SSSR count). The van der Waals surface area contributed by atoms with Crippen molar-refractivity contribution in [1.82, 2.24) is 4.90 Å². The van der Waals surface area contributed by atoms with E-state index in [1.807, 2.05) is 0 Å². The van der Waals surface area contributed by atoms with Crippen molar-refractivity contribution >= 4 is 0 Å². The summed E-state index contributed by atoms with van der Waals surface area (Å²) in [6.45, 7) is 6.17. The van der Waals surface area contributed by atoms with Gasteiger partial charge in [0, 0.05) is 12.1 Å². The van der Waals surface area contributed by atoms with Crippen molar-refractivity contribution in [3.8, 4) is 0 Å². The smallest absolute Gasteiger partial charge is 0.0124 e. The monoisotopic (exact) mass is 209 g/mol. The van der Waals surface area contributed by atoms with Gasteiger partial charge in [0.15, 0.2) is 0 Å². The highest BCUT2D eigenvalue weighted by Crippen LogP contribution is 2.36. The van der Waals surface area contributed by atoms with Crippen molar-refractivity contribution < 1.29 is 0 Å². The summed E-state index contributed by atoms with van der Waals surface area (Å²) in [5.74, 6) is 0.968.